The molecular formula is C10H20F2N2O2. The van der Waals surface area contributed by atoms with Gasteiger partial charge in [0, 0.05) is 6.54 Å². The van der Waals surface area contributed by atoms with E-state index in [1.807, 2.05) is 20.8 Å². The highest BCUT2D eigenvalue weighted by molar-refractivity contribution is 5.82. The van der Waals surface area contributed by atoms with Crippen LogP contribution in [0.25, 0.3) is 0 Å². The van der Waals surface area contributed by atoms with Gasteiger partial charge in [0.2, 0.25) is 5.91 Å². The van der Waals surface area contributed by atoms with Gasteiger partial charge in [0.15, 0.2) is 0 Å². The molecule has 0 radical (unpaired) electrons. The van der Waals surface area contributed by atoms with Gasteiger partial charge < -0.3 is 15.8 Å². The van der Waals surface area contributed by atoms with Crippen molar-refractivity contribution in [3.63, 3.8) is 0 Å². The second-order valence-corrected chi connectivity index (χ2v) is 4.60. The van der Waals surface area contributed by atoms with E-state index in [0.717, 1.165) is 0 Å². The predicted molar refractivity (Wildman–Crippen MR) is 57.3 cm³/mol. The summed E-state index contributed by atoms with van der Waals surface area (Å²) in [6, 6.07) is -0.623. The van der Waals surface area contributed by atoms with Crippen molar-refractivity contribution < 1.29 is 18.3 Å². The number of alkyl halides is 2. The molecule has 0 aliphatic carbocycles. The van der Waals surface area contributed by atoms with Crippen LogP contribution in [0.1, 0.15) is 20.8 Å². The fourth-order valence-electron chi connectivity index (χ4n) is 0.922. The maximum atomic E-state index is 11.7. The highest BCUT2D eigenvalue weighted by Gasteiger charge is 2.26. The van der Waals surface area contributed by atoms with E-state index in [0.29, 0.717) is 0 Å². The van der Waals surface area contributed by atoms with E-state index < -0.39 is 19.1 Å². The molecule has 0 saturated heterocycles. The summed E-state index contributed by atoms with van der Waals surface area (Å²) >= 11 is 0. The van der Waals surface area contributed by atoms with Gasteiger partial charge in [-0.2, -0.15) is 0 Å². The summed E-state index contributed by atoms with van der Waals surface area (Å²) in [6.07, 6.45) is -2.48. The third kappa shape index (κ3) is 6.68. The summed E-state index contributed by atoms with van der Waals surface area (Å²) in [5.41, 5.74) is 5.36. The van der Waals surface area contributed by atoms with Gasteiger partial charge in [0.1, 0.15) is 6.61 Å². The molecule has 0 rings (SSSR count). The molecule has 0 aromatic carbocycles. The van der Waals surface area contributed by atoms with Crippen LogP contribution in [0.2, 0.25) is 0 Å². The lowest BCUT2D eigenvalue weighted by Crippen LogP contribution is -2.49. The molecule has 0 unspecified atom stereocenters. The molecule has 0 bridgehead atoms. The van der Waals surface area contributed by atoms with Gasteiger partial charge in [0.05, 0.1) is 12.6 Å². The number of carbonyl (C=O) groups is 1. The quantitative estimate of drug-likeness (QED) is 0.671. The van der Waals surface area contributed by atoms with Crippen LogP contribution in [0.3, 0.4) is 0 Å². The minimum atomic E-state index is -2.48. The molecule has 3 N–H and O–H groups in total. The summed E-state index contributed by atoms with van der Waals surface area (Å²) in [7, 11) is 0. The standard InChI is InChI=1S/C10H20F2N2O2/c1-10(2,3)8(13)9(15)14-4-5-16-6-7(11)12/h7-8H,4-6,13H2,1-3H3,(H,14,15)/t8-/m0/s1. The number of halogens is 2. The van der Waals surface area contributed by atoms with Crippen molar-refractivity contribution in [1.82, 2.24) is 5.32 Å². The average molecular weight is 238 g/mol. The van der Waals surface area contributed by atoms with E-state index in [2.05, 4.69) is 10.1 Å². The summed E-state index contributed by atoms with van der Waals surface area (Å²) in [4.78, 5) is 11.4. The maximum absolute atomic E-state index is 11.7. The molecule has 16 heavy (non-hydrogen) atoms. The second-order valence-electron chi connectivity index (χ2n) is 4.60. The van der Waals surface area contributed by atoms with Crippen molar-refractivity contribution in [3.8, 4) is 0 Å². The van der Waals surface area contributed by atoms with E-state index in [4.69, 9.17) is 5.73 Å². The minimum absolute atomic E-state index is 0.0624. The van der Waals surface area contributed by atoms with Gasteiger partial charge in [-0.05, 0) is 5.41 Å². The highest BCUT2D eigenvalue weighted by Crippen LogP contribution is 2.16. The second kappa shape index (κ2) is 6.75. The summed E-state index contributed by atoms with van der Waals surface area (Å²) in [6.45, 7) is 5.20. The van der Waals surface area contributed by atoms with E-state index in [-0.39, 0.29) is 24.5 Å². The van der Waals surface area contributed by atoms with Crippen LogP contribution >= 0.6 is 0 Å². The normalized spacial score (nSPS) is 13.9. The Morgan fingerprint density at radius 2 is 2.00 bits per heavy atom. The molecule has 1 amide bonds. The minimum Gasteiger partial charge on any atom is -0.374 e. The van der Waals surface area contributed by atoms with Gasteiger partial charge >= 0.3 is 0 Å². The van der Waals surface area contributed by atoms with E-state index in [1.165, 1.54) is 0 Å². The number of rotatable bonds is 6. The summed E-state index contributed by atoms with van der Waals surface area (Å²) < 4.78 is 28.0. The number of nitrogens with two attached hydrogens (primary N) is 1. The molecule has 4 nitrogen and oxygen atoms in total. The molecule has 0 spiro atoms. The van der Waals surface area contributed by atoms with Gasteiger partial charge in [-0.25, -0.2) is 8.78 Å². The Hall–Kier alpha value is -0.750. The number of amides is 1. The molecule has 0 aliphatic heterocycles. The lowest BCUT2D eigenvalue weighted by atomic mass is 9.87. The number of ether oxygens (including phenoxy) is 1. The van der Waals surface area contributed by atoms with E-state index in [9.17, 15) is 13.6 Å². The largest absolute Gasteiger partial charge is 0.374 e. The van der Waals surface area contributed by atoms with Crippen molar-refractivity contribution in [2.24, 2.45) is 11.1 Å². The molecule has 0 saturated carbocycles. The molecular weight excluding hydrogens is 218 g/mol. The highest BCUT2D eigenvalue weighted by atomic mass is 19.3. The topological polar surface area (TPSA) is 64.4 Å². The van der Waals surface area contributed by atoms with Crippen LogP contribution in [-0.4, -0.2) is 38.1 Å². The first-order chi connectivity index (χ1) is 7.25. The van der Waals surface area contributed by atoms with Crippen molar-refractivity contribution >= 4 is 5.91 Å². The van der Waals surface area contributed by atoms with Gasteiger partial charge in [-0.3, -0.25) is 4.79 Å². The molecule has 0 aromatic rings. The van der Waals surface area contributed by atoms with Crippen LogP contribution in [0.5, 0.6) is 0 Å². The molecule has 0 aliphatic rings. The first-order valence-corrected chi connectivity index (χ1v) is 5.14. The number of carbonyl (C=O) groups excluding carboxylic acids is 1. The zero-order chi connectivity index (χ0) is 12.8. The van der Waals surface area contributed by atoms with Crippen LogP contribution in [0.15, 0.2) is 0 Å². The SMILES string of the molecule is CC(C)(C)[C@@H](N)C(=O)NCCOCC(F)F. The third-order valence-corrected chi connectivity index (χ3v) is 2.00. The molecule has 0 heterocycles. The Balaban J connectivity index is 3.66. The van der Waals surface area contributed by atoms with Crippen LogP contribution in [0.4, 0.5) is 8.78 Å². The smallest absolute Gasteiger partial charge is 0.261 e. The molecule has 0 fully saturated rings. The first-order valence-electron chi connectivity index (χ1n) is 5.14. The van der Waals surface area contributed by atoms with Crippen LogP contribution in [-0.2, 0) is 9.53 Å². The van der Waals surface area contributed by atoms with Crippen LogP contribution < -0.4 is 11.1 Å². The molecule has 1 atom stereocenters. The first kappa shape index (κ1) is 15.2. The molecule has 6 heteroatoms. The van der Waals surface area contributed by atoms with Crippen molar-refractivity contribution in [1.29, 1.82) is 0 Å². The number of hydrogen-bond acceptors (Lipinski definition) is 3. The predicted octanol–water partition coefficient (Wildman–Crippen LogP) is 0.758. The Bertz CT molecular complexity index is 217. The maximum Gasteiger partial charge on any atom is 0.261 e. The lowest BCUT2D eigenvalue weighted by molar-refractivity contribution is -0.124. The van der Waals surface area contributed by atoms with Crippen LogP contribution in [0, 0.1) is 5.41 Å². The Kier molecular flexibility index (Phi) is 6.43. The monoisotopic (exact) mass is 238 g/mol. The number of hydrogen-bond donors (Lipinski definition) is 2. The Morgan fingerprint density at radius 3 is 2.44 bits per heavy atom. The number of nitrogens with one attached hydrogen (secondary N) is 1. The van der Waals surface area contributed by atoms with Crippen molar-refractivity contribution in [3.05, 3.63) is 0 Å². The lowest BCUT2D eigenvalue weighted by Gasteiger charge is -2.25. The average Bonchev–Trinajstić information content (AvgIpc) is 2.13. The van der Waals surface area contributed by atoms with Gasteiger partial charge in [0.25, 0.3) is 6.43 Å². The third-order valence-electron chi connectivity index (χ3n) is 2.00. The molecule has 0 aromatic heterocycles. The summed E-state index contributed by atoms with van der Waals surface area (Å²) in [5, 5.41) is 2.53. The van der Waals surface area contributed by atoms with E-state index in [1.54, 1.807) is 0 Å². The molecule has 96 valence electrons. The van der Waals surface area contributed by atoms with Crippen molar-refractivity contribution in [2.45, 2.75) is 33.2 Å². The Labute approximate surface area is 94.5 Å². The Morgan fingerprint density at radius 1 is 1.44 bits per heavy atom. The van der Waals surface area contributed by atoms with Gasteiger partial charge in [-0.15, -0.1) is 0 Å². The fourth-order valence-corrected chi connectivity index (χ4v) is 0.922. The fraction of sp³-hybridized carbons (Fsp3) is 0.900. The van der Waals surface area contributed by atoms with Gasteiger partial charge in [-0.1, -0.05) is 20.8 Å². The van der Waals surface area contributed by atoms with Crippen molar-refractivity contribution in [2.75, 3.05) is 19.8 Å². The summed E-state index contributed by atoms with van der Waals surface area (Å²) in [5.74, 6) is -0.298. The zero-order valence-electron chi connectivity index (χ0n) is 9.93. The van der Waals surface area contributed by atoms with E-state index >= 15 is 0 Å². The zero-order valence-corrected chi connectivity index (χ0v) is 9.93.